The first kappa shape index (κ1) is 12.6. The van der Waals surface area contributed by atoms with Crippen molar-refractivity contribution in [3.05, 3.63) is 11.1 Å². The summed E-state index contributed by atoms with van der Waals surface area (Å²) >= 11 is 0. The van der Waals surface area contributed by atoms with Crippen LogP contribution in [0.3, 0.4) is 0 Å². The van der Waals surface area contributed by atoms with Gasteiger partial charge in [0, 0.05) is 31.9 Å². The van der Waals surface area contributed by atoms with Crippen LogP contribution in [0.5, 0.6) is 0 Å². The molecule has 0 aromatic heterocycles. The molecular weight excluding hydrogens is 218 g/mol. The normalized spacial score (nSPS) is 23.9. The summed E-state index contributed by atoms with van der Waals surface area (Å²) in [6.07, 6.45) is 2.88. The standard InChI is InChI=1S/C13H21NO3/c1-14-6-3-11(13(15)16-2)12(9-14)10-4-7-17-8-5-10/h10H,3-9H2,1-2H3. The van der Waals surface area contributed by atoms with E-state index in [-0.39, 0.29) is 5.97 Å². The van der Waals surface area contributed by atoms with Gasteiger partial charge in [0.2, 0.25) is 0 Å². The second-order valence-corrected chi connectivity index (χ2v) is 4.87. The highest BCUT2D eigenvalue weighted by molar-refractivity contribution is 5.89. The average molecular weight is 239 g/mol. The van der Waals surface area contributed by atoms with E-state index in [9.17, 15) is 4.79 Å². The Bertz CT molecular complexity index is 319. The zero-order valence-electron chi connectivity index (χ0n) is 10.7. The van der Waals surface area contributed by atoms with Crippen molar-refractivity contribution in [3.63, 3.8) is 0 Å². The lowest BCUT2D eigenvalue weighted by Gasteiger charge is -2.33. The predicted molar refractivity (Wildman–Crippen MR) is 64.7 cm³/mol. The van der Waals surface area contributed by atoms with E-state index in [1.54, 1.807) is 0 Å². The van der Waals surface area contributed by atoms with Crippen LogP contribution in [0.25, 0.3) is 0 Å². The quantitative estimate of drug-likeness (QED) is 0.679. The average Bonchev–Trinajstić information content (AvgIpc) is 2.39. The van der Waals surface area contributed by atoms with E-state index in [1.165, 1.54) is 12.7 Å². The zero-order chi connectivity index (χ0) is 12.3. The van der Waals surface area contributed by atoms with E-state index in [2.05, 4.69) is 11.9 Å². The van der Waals surface area contributed by atoms with Gasteiger partial charge in [0.05, 0.1) is 7.11 Å². The highest BCUT2D eigenvalue weighted by Crippen LogP contribution is 2.30. The van der Waals surface area contributed by atoms with E-state index in [1.807, 2.05) is 0 Å². The largest absolute Gasteiger partial charge is 0.466 e. The molecule has 0 amide bonds. The monoisotopic (exact) mass is 239 g/mol. The van der Waals surface area contributed by atoms with Crippen LogP contribution >= 0.6 is 0 Å². The third-order valence-electron chi connectivity index (χ3n) is 3.72. The summed E-state index contributed by atoms with van der Waals surface area (Å²) in [5.41, 5.74) is 2.20. The molecule has 0 aromatic carbocycles. The Morgan fingerprint density at radius 2 is 2.12 bits per heavy atom. The predicted octanol–water partition coefficient (Wildman–Crippen LogP) is 1.22. The van der Waals surface area contributed by atoms with E-state index in [4.69, 9.17) is 9.47 Å². The topological polar surface area (TPSA) is 38.8 Å². The number of ether oxygens (including phenoxy) is 2. The number of likely N-dealkylation sites (N-methyl/N-ethyl adjacent to an activating group) is 1. The third kappa shape index (κ3) is 2.87. The summed E-state index contributed by atoms with van der Waals surface area (Å²) < 4.78 is 10.3. The van der Waals surface area contributed by atoms with Gasteiger partial charge in [-0.25, -0.2) is 4.79 Å². The van der Waals surface area contributed by atoms with Gasteiger partial charge in [0.25, 0.3) is 0 Å². The van der Waals surface area contributed by atoms with Crippen LogP contribution in [0.15, 0.2) is 11.1 Å². The Kier molecular flexibility index (Phi) is 4.18. The third-order valence-corrected chi connectivity index (χ3v) is 3.72. The minimum absolute atomic E-state index is 0.139. The van der Waals surface area contributed by atoms with E-state index < -0.39 is 0 Å². The molecule has 0 N–H and O–H groups in total. The number of carbonyl (C=O) groups excluding carboxylic acids is 1. The fourth-order valence-electron chi connectivity index (χ4n) is 2.71. The van der Waals surface area contributed by atoms with Crippen LogP contribution in [-0.4, -0.2) is 51.3 Å². The van der Waals surface area contributed by atoms with Crippen LogP contribution in [0, 0.1) is 5.92 Å². The van der Waals surface area contributed by atoms with Crippen LogP contribution in [0.4, 0.5) is 0 Å². The van der Waals surface area contributed by atoms with Crippen molar-refractivity contribution in [1.82, 2.24) is 4.90 Å². The molecule has 4 nitrogen and oxygen atoms in total. The van der Waals surface area contributed by atoms with Crippen LogP contribution in [0.2, 0.25) is 0 Å². The van der Waals surface area contributed by atoms with Gasteiger partial charge in [0.1, 0.15) is 0 Å². The molecule has 17 heavy (non-hydrogen) atoms. The lowest BCUT2D eigenvalue weighted by atomic mass is 9.85. The second-order valence-electron chi connectivity index (χ2n) is 4.87. The molecule has 4 heteroatoms. The molecule has 2 heterocycles. The molecule has 96 valence electrons. The summed E-state index contributed by atoms with van der Waals surface area (Å²) in [5.74, 6) is 0.361. The van der Waals surface area contributed by atoms with Crippen LogP contribution in [-0.2, 0) is 14.3 Å². The molecule has 0 aliphatic carbocycles. The van der Waals surface area contributed by atoms with Gasteiger partial charge in [-0.1, -0.05) is 0 Å². The highest BCUT2D eigenvalue weighted by Gasteiger charge is 2.28. The number of nitrogens with zero attached hydrogens (tertiary/aromatic N) is 1. The molecule has 2 aliphatic rings. The molecule has 0 saturated carbocycles. The number of methoxy groups -OCH3 is 1. The first-order valence-electron chi connectivity index (χ1n) is 6.29. The van der Waals surface area contributed by atoms with E-state index in [0.717, 1.165) is 51.1 Å². The van der Waals surface area contributed by atoms with Crippen molar-refractivity contribution < 1.29 is 14.3 Å². The first-order chi connectivity index (χ1) is 8.22. The summed E-state index contributed by atoms with van der Waals surface area (Å²) in [4.78, 5) is 14.1. The molecular formula is C13H21NO3. The van der Waals surface area contributed by atoms with Gasteiger partial charge in [-0.2, -0.15) is 0 Å². The summed E-state index contributed by atoms with van der Waals surface area (Å²) in [5, 5.41) is 0. The van der Waals surface area contributed by atoms with Crippen molar-refractivity contribution >= 4 is 5.97 Å². The Balaban J connectivity index is 2.21. The number of carbonyl (C=O) groups is 1. The number of hydrogen-bond donors (Lipinski definition) is 0. The van der Waals surface area contributed by atoms with Crippen molar-refractivity contribution in [2.45, 2.75) is 19.3 Å². The molecule has 1 saturated heterocycles. The Hall–Kier alpha value is -0.870. The van der Waals surface area contributed by atoms with Crippen molar-refractivity contribution in [2.24, 2.45) is 5.92 Å². The van der Waals surface area contributed by atoms with Gasteiger partial charge in [-0.15, -0.1) is 0 Å². The van der Waals surface area contributed by atoms with Crippen LogP contribution < -0.4 is 0 Å². The lowest BCUT2D eigenvalue weighted by molar-refractivity contribution is -0.136. The molecule has 0 atom stereocenters. The number of esters is 1. The molecule has 0 radical (unpaired) electrons. The summed E-state index contributed by atoms with van der Waals surface area (Å²) in [7, 11) is 3.57. The summed E-state index contributed by atoms with van der Waals surface area (Å²) in [6, 6.07) is 0. The first-order valence-corrected chi connectivity index (χ1v) is 6.29. The van der Waals surface area contributed by atoms with Gasteiger partial charge < -0.3 is 14.4 Å². The number of hydrogen-bond acceptors (Lipinski definition) is 4. The highest BCUT2D eigenvalue weighted by atomic mass is 16.5. The lowest BCUT2D eigenvalue weighted by Crippen LogP contribution is -2.34. The van der Waals surface area contributed by atoms with E-state index in [0.29, 0.717) is 5.92 Å². The van der Waals surface area contributed by atoms with Gasteiger partial charge >= 0.3 is 5.97 Å². The molecule has 0 aromatic rings. The smallest absolute Gasteiger partial charge is 0.333 e. The van der Waals surface area contributed by atoms with Crippen molar-refractivity contribution in [3.8, 4) is 0 Å². The summed E-state index contributed by atoms with van der Waals surface area (Å²) in [6.45, 7) is 3.46. The Morgan fingerprint density at radius 1 is 1.41 bits per heavy atom. The fraction of sp³-hybridized carbons (Fsp3) is 0.769. The van der Waals surface area contributed by atoms with Gasteiger partial charge in [-0.05, 0) is 37.8 Å². The fourth-order valence-corrected chi connectivity index (χ4v) is 2.71. The Labute approximate surface area is 103 Å². The minimum Gasteiger partial charge on any atom is -0.466 e. The SMILES string of the molecule is COC(=O)C1=C(C2CCOCC2)CN(C)CC1. The molecule has 0 spiro atoms. The van der Waals surface area contributed by atoms with Gasteiger partial charge in [0.15, 0.2) is 0 Å². The Morgan fingerprint density at radius 3 is 2.76 bits per heavy atom. The molecule has 0 unspecified atom stereocenters. The second kappa shape index (κ2) is 5.65. The zero-order valence-corrected chi connectivity index (χ0v) is 10.7. The van der Waals surface area contributed by atoms with Crippen molar-refractivity contribution in [2.75, 3.05) is 40.5 Å². The maximum absolute atomic E-state index is 11.8. The molecule has 2 aliphatic heterocycles. The van der Waals surface area contributed by atoms with Gasteiger partial charge in [-0.3, -0.25) is 0 Å². The molecule has 0 bridgehead atoms. The molecule has 1 fully saturated rings. The molecule has 2 rings (SSSR count). The number of rotatable bonds is 2. The maximum Gasteiger partial charge on any atom is 0.333 e. The minimum atomic E-state index is -0.139. The van der Waals surface area contributed by atoms with Crippen molar-refractivity contribution in [1.29, 1.82) is 0 Å². The maximum atomic E-state index is 11.8. The van der Waals surface area contributed by atoms with E-state index >= 15 is 0 Å². The van der Waals surface area contributed by atoms with Crippen LogP contribution in [0.1, 0.15) is 19.3 Å².